The van der Waals surface area contributed by atoms with Gasteiger partial charge in [-0.25, -0.2) is 12.7 Å². The van der Waals surface area contributed by atoms with E-state index in [1.807, 2.05) is 20.8 Å². The molecule has 0 bridgehead atoms. The lowest BCUT2D eigenvalue weighted by molar-refractivity contribution is -0.121. The fourth-order valence-corrected chi connectivity index (χ4v) is 3.02. The highest BCUT2D eigenvalue weighted by molar-refractivity contribution is 7.89. The summed E-state index contributed by atoms with van der Waals surface area (Å²) >= 11 is 0. The summed E-state index contributed by atoms with van der Waals surface area (Å²) in [6.07, 6.45) is 0.690. The number of aryl methyl sites for hydroxylation is 1. The van der Waals surface area contributed by atoms with Crippen LogP contribution in [0, 0.1) is 5.92 Å². The number of hydrogen-bond acceptors (Lipinski definition) is 4. The molecule has 0 spiro atoms. The number of carbonyl (C=O) groups is 1. The van der Waals surface area contributed by atoms with Gasteiger partial charge in [-0.1, -0.05) is 13.8 Å². The van der Waals surface area contributed by atoms with E-state index in [0.29, 0.717) is 23.7 Å². The lowest BCUT2D eigenvalue weighted by Gasteiger charge is -2.18. The topological polar surface area (TPSA) is 75.7 Å². The Hall–Kier alpha value is -1.60. The Morgan fingerprint density at radius 3 is 2.38 bits per heavy atom. The van der Waals surface area contributed by atoms with Crippen LogP contribution in [0.25, 0.3) is 0 Å². The molecule has 136 valence electrons. The second kappa shape index (κ2) is 8.48. The molecule has 0 aliphatic carbocycles. The van der Waals surface area contributed by atoms with Gasteiger partial charge in [0.2, 0.25) is 15.9 Å². The van der Waals surface area contributed by atoms with E-state index in [-0.39, 0.29) is 23.3 Å². The van der Waals surface area contributed by atoms with Gasteiger partial charge in [-0.3, -0.25) is 4.79 Å². The lowest BCUT2D eigenvalue weighted by atomic mass is 10.1. The standard InChI is InChI=1S/C17H28N2O4S/c1-12(2)13(3)18-17(20)10-7-14-11-15(8-9-16(14)23-6)24(21,22)19(4)5/h8-9,11-13H,7,10H2,1-6H3,(H,18,20). The van der Waals surface area contributed by atoms with Gasteiger partial charge >= 0.3 is 0 Å². The molecule has 24 heavy (non-hydrogen) atoms. The molecule has 0 heterocycles. The molecule has 1 unspecified atom stereocenters. The molecule has 0 radical (unpaired) electrons. The lowest BCUT2D eigenvalue weighted by Crippen LogP contribution is -2.36. The van der Waals surface area contributed by atoms with E-state index in [0.717, 1.165) is 4.31 Å². The fourth-order valence-electron chi connectivity index (χ4n) is 2.06. The Balaban J connectivity index is 2.92. The highest BCUT2D eigenvalue weighted by Gasteiger charge is 2.19. The SMILES string of the molecule is COc1ccc(S(=O)(=O)N(C)C)cc1CCC(=O)NC(C)C(C)C. The van der Waals surface area contributed by atoms with Crippen molar-refractivity contribution in [2.75, 3.05) is 21.2 Å². The number of nitrogens with zero attached hydrogens (tertiary/aromatic N) is 1. The number of methoxy groups -OCH3 is 1. The smallest absolute Gasteiger partial charge is 0.242 e. The summed E-state index contributed by atoms with van der Waals surface area (Å²) in [5, 5.41) is 2.94. The average Bonchev–Trinajstić information content (AvgIpc) is 2.52. The Morgan fingerprint density at radius 1 is 1.25 bits per heavy atom. The van der Waals surface area contributed by atoms with Crippen LogP contribution in [0.4, 0.5) is 0 Å². The molecule has 0 aliphatic rings. The summed E-state index contributed by atoms with van der Waals surface area (Å²) in [7, 11) is 0.984. The fraction of sp³-hybridized carbons (Fsp3) is 0.588. The van der Waals surface area contributed by atoms with E-state index in [1.165, 1.54) is 27.3 Å². The van der Waals surface area contributed by atoms with Crippen LogP contribution in [-0.4, -0.2) is 45.9 Å². The van der Waals surface area contributed by atoms with Gasteiger partial charge in [-0.05, 0) is 43.0 Å². The largest absolute Gasteiger partial charge is 0.496 e. The van der Waals surface area contributed by atoms with E-state index in [9.17, 15) is 13.2 Å². The summed E-state index contributed by atoms with van der Waals surface area (Å²) in [4.78, 5) is 12.2. The zero-order valence-corrected chi connectivity index (χ0v) is 16.1. The second-order valence-corrected chi connectivity index (χ2v) is 8.51. The molecule has 1 aromatic rings. The van der Waals surface area contributed by atoms with Gasteiger partial charge in [0.05, 0.1) is 12.0 Å². The van der Waals surface area contributed by atoms with Crippen LogP contribution in [0.1, 0.15) is 32.8 Å². The Kier molecular flexibility index (Phi) is 7.23. The summed E-state index contributed by atoms with van der Waals surface area (Å²) in [5.41, 5.74) is 0.702. The van der Waals surface area contributed by atoms with Crippen LogP contribution < -0.4 is 10.1 Å². The van der Waals surface area contributed by atoms with Crippen LogP contribution in [0.15, 0.2) is 23.1 Å². The van der Waals surface area contributed by atoms with Crippen molar-refractivity contribution >= 4 is 15.9 Å². The van der Waals surface area contributed by atoms with E-state index in [4.69, 9.17) is 4.74 Å². The normalized spacial score (nSPS) is 13.2. The molecule has 1 aromatic carbocycles. The van der Waals surface area contributed by atoms with Crippen molar-refractivity contribution in [1.82, 2.24) is 9.62 Å². The third-order valence-electron chi connectivity index (χ3n) is 4.04. The molecular weight excluding hydrogens is 328 g/mol. The highest BCUT2D eigenvalue weighted by atomic mass is 32.2. The minimum Gasteiger partial charge on any atom is -0.496 e. The third-order valence-corrected chi connectivity index (χ3v) is 5.85. The second-order valence-electron chi connectivity index (χ2n) is 6.36. The van der Waals surface area contributed by atoms with Gasteiger partial charge in [0, 0.05) is 26.6 Å². The van der Waals surface area contributed by atoms with Crippen molar-refractivity contribution < 1.29 is 17.9 Å². The minimum atomic E-state index is -3.52. The molecule has 7 heteroatoms. The van der Waals surface area contributed by atoms with Crippen LogP contribution in [0.5, 0.6) is 5.75 Å². The number of sulfonamides is 1. The first-order valence-corrected chi connectivity index (χ1v) is 9.42. The predicted octanol–water partition coefficient (Wildman–Crippen LogP) is 2.04. The first-order valence-electron chi connectivity index (χ1n) is 7.98. The van der Waals surface area contributed by atoms with Crippen molar-refractivity contribution in [3.8, 4) is 5.75 Å². The maximum absolute atomic E-state index is 12.2. The molecule has 0 fully saturated rings. The molecule has 0 aromatic heterocycles. The first kappa shape index (κ1) is 20.4. The van der Waals surface area contributed by atoms with E-state index < -0.39 is 10.0 Å². The summed E-state index contributed by atoms with van der Waals surface area (Å²) in [6.45, 7) is 6.06. The summed E-state index contributed by atoms with van der Waals surface area (Å²) in [6, 6.07) is 4.81. The molecule has 1 rings (SSSR count). The monoisotopic (exact) mass is 356 g/mol. The maximum atomic E-state index is 12.2. The van der Waals surface area contributed by atoms with Gasteiger partial charge < -0.3 is 10.1 Å². The van der Waals surface area contributed by atoms with Crippen LogP contribution in [0.2, 0.25) is 0 Å². The third kappa shape index (κ3) is 5.21. The number of rotatable bonds is 8. The van der Waals surface area contributed by atoms with Crippen LogP contribution >= 0.6 is 0 Å². The molecular formula is C17H28N2O4S. The number of amides is 1. The highest BCUT2D eigenvalue weighted by Crippen LogP contribution is 2.25. The molecule has 1 N–H and O–H groups in total. The summed E-state index contributed by atoms with van der Waals surface area (Å²) in [5.74, 6) is 0.883. The van der Waals surface area contributed by atoms with E-state index in [1.54, 1.807) is 12.1 Å². The van der Waals surface area contributed by atoms with Crippen LogP contribution in [-0.2, 0) is 21.2 Å². The zero-order chi connectivity index (χ0) is 18.5. The minimum absolute atomic E-state index is 0.0564. The number of ether oxygens (including phenoxy) is 1. The Labute approximate surface area is 145 Å². The molecule has 0 aliphatic heterocycles. The zero-order valence-electron chi connectivity index (χ0n) is 15.3. The molecule has 6 nitrogen and oxygen atoms in total. The predicted molar refractivity (Wildman–Crippen MR) is 94.6 cm³/mol. The van der Waals surface area contributed by atoms with Crippen molar-refractivity contribution in [3.63, 3.8) is 0 Å². The van der Waals surface area contributed by atoms with E-state index >= 15 is 0 Å². The van der Waals surface area contributed by atoms with E-state index in [2.05, 4.69) is 5.32 Å². The van der Waals surface area contributed by atoms with Gasteiger partial charge in [-0.2, -0.15) is 0 Å². The van der Waals surface area contributed by atoms with Crippen molar-refractivity contribution in [1.29, 1.82) is 0 Å². The first-order chi connectivity index (χ1) is 11.1. The van der Waals surface area contributed by atoms with Crippen molar-refractivity contribution in [3.05, 3.63) is 23.8 Å². The van der Waals surface area contributed by atoms with Crippen LogP contribution in [0.3, 0.4) is 0 Å². The summed E-state index contributed by atoms with van der Waals surface area (Å²) < 4.78 is 30.9. The maximum Gasteiger partial charge on any atom is 0.242 e. The molecule has 0 saturated heterocycles. The number of benzene rings is 1. The average molecular weight is 356 g/mol. The molecule has 1 amide bonds. The van der Waals surface area contributed by atoms with Crippen molar-refractivity contribution in [2.45, 2.75) is 44.6 Å². The Morgan fingerprint density at radius 2 is 1.88 bits per heavy atom. The molecule has 1 atom stereocenters. The number of hydrogen-bond donors (Lipinski definition) is 1. The van der Waals surface area contributed by atoms with Gasteiger partial charge in [-0.15, -0.1) is 0 Å². The van der Waals surface area contributed by atoms with Crippen molar-refractivity contribution in [2.24, 2.45) is 5.92 Å². The Bertz CT molecular complexity index is 669. The number of carbonyl (C=O) groups excluding carboxylic acids is 1. The van der Waals surface area contributed by atoms with Gasteiger partial charge in [0.1, 0.15) is 5.75 Å². The number of nitrogens with one attached hydrogen (secondary N) is 1. The molecule has 0 saturated carbocycles. The van der Waals surface area contributed by atoms with Gasteiger partial charge in [0.15, 0.2) is 0 Å². The quantitative estimate of drug-likeness (QED) is 0.773. The van der Waals surface area contributed by atoms with Gasteiger partial charge in [0.25, 0.3) is 0 Å².